The lowest BCUT2D eigenvalue weighted by Crippen LogP contribution is -2.03. The van der Waals surface area contributed by atoms with Crippen molar-refractivity contribution < 1.29 is 0 Å². The smallest absolute Gasteiger partial charge is 0.0231 e. The molecule has 0 aromatic rings. The van der Waals surface area contributed by atoms with Crippen molar-refractivity contribution in [1.29, 1.82) is 0 Å². The van der Waals surface area contributed by atoms with Crippen LogP contribution in [-0.2, 0) is 0 Å². The Morgan fingerprint density at radius 1 is 1.27 bits per heavy atom. The van der Waals surface area contributed by atoms with Crippen LogP contribution in [-0.4, -0.2) is 0 Å². The quantitative estimate of drug-likeness (QED) is 0.526. The molecule has 0 nitrogen and oxygen atoms in total. The molecule has 0 atom stereocenters. The van der Waals surface area contributed by atoms with Gasteiger partial charge in [-0.1, -0.05) is 37.8 Å². The van der Waals surface area contributed by atoms with Gasteiger partial charge in [0.05, 0.1) is 0 Å². The van der Waals surface area contributed by atoms with Crippen LogP contribution in [0, 0.1) is 5.92 Å². The molecule has 0 radical (unpaired) electrons. The lowest BCUT2D eigenvalue weighted by molar-refractivity contribution is 0.417. The molecule has 64 valence electrons. The van der Waals surface area contributed by atoms with Gasteiger partial charge in [0.15, 0.2) is 0 Å². The fourth-order valence-electron chi connectivity index (χ4n) is 1.82. The van der Waals surface area contributed by atoms with Crippen molar-refractivity contribution >= 4 is 0 Å². The summed E-state index contributed by atoms with van der Waals surface area (Å²) >= 11 is 0. The molecule has 0 N–H and O–H groups in total. The van der Waals surface area contributed by atoms with Gasteiger partial charge < -0.3 is 0 Å². The van der Waals surface area contributed by atoms with E-state index in [2.05, 4.69) is 19.9 Å². The van der Waals surface area contributed by atoms with Crippen molar-refractivity contribution in [2.75, 3.05) is 0 Å². The molecule has 0 bridgehead atoms. The molecule has 1 aliphatic rings. The zero-order valence-electron chi connectivity index (χ0n) is 7.90. The highest BCUT2D eigenvalue weighted by Crippen LogP contribution is 2.25. The van der Waals surface area contributed by atoms with Crippen molar-refractivity contribution in [3.05, 3.63) is 11.6 Å². The largest absolute Gasteiger partial charge is 0.0825 e. The van der Waals surface area contributed by atoms with Crippen molar-refractivity contribution in [3.63, 3.8) is 0 Å². The number of hydrogen-bond donors (Lipinski definition) is 0. The Labute approximate surface area is 70.7 Å². The molecule has 1 rings (SSSR count). The lowest BCUT2D eigenvalue weighted by atomic mass is 9.88. The molecule has 0 spiro atoms. The minimum atomic E-state index is 0.920. The van der Waals surface area contributed by atoms with E-state index in [0.29, 0.717) is 0 Å². The topological polar surface area (TPSA) is 0 Å². The Morgan fingerprint density at radius 2 is 1.91 bits per heavy atom. The average molecular weight is 152 g/mol. The van der Waals surface area contributed by atoms with Gasteiger partial charge in [-0.3, -0.25) is 0 Å². The molecule has 0 aliphatic heterocycles. The van der Waals surface area contributed by atoms with Crippen LogP contribution in [0.5, 0.6) is 0 Å². The molecule has 0 heteroatoms. The maximum atomic E-state index is 2.50. The first kappa shape index (κ1) is 8.83. The first-order valence-corrected chi connectivity index (χ1v) is 5.00. The molecular weight excluding hydrogens is 132 g/mol. The Kier molecular flexibility index (Phi) is 3.68. The highest BCUT2D eigenvalue weighted by molar-refractivity contribution is 5.00. The standard InChI is InChI=1S/C11H20/c1-3-10(2)9-11-7-5-4-6-8-11/h9,11H,3-8H2,1-2H3. The van der Waals surface area contributed by atoms with Gasteiger partial charge in [0, 0.05) is 0 Å². The molecule has 0 saturated heterocycles. The highest BCUT2D eigenvalue weighted by atomic mass is 14.2. The van der Waals surface area contributed by atoms with Gasteiger partial charge >= 0.3 is 0 Å². The van der Waals surface area contributed by atoms with Crippen LogP contribution >= 0.6 is 0 Å². The van der Waals surface area contributed by atoms with Crippen LogP contribution in [0.1, 0.15) is 52.4 Å². The van der Waals surface area contributed by atoms with E-state index in [1.165, 1.54) is 38.5 Å². The monoisotopic (exact) mass is 152 g/mol. The molecule has 1 saturated carbocycles. The van der Waals surface area contributed by atoms with Crippen molar-refractivity contribution in [3.8, 4) is 0 Å². The average Bonchev–Trinajstić information content (AvgIpc) is 2.06. The van der Waals surface area contributed by atoms with Gasteiger partial charge in [0.1, 0.15) is 0 Å². The van der Waals surface area contributed by atoms with Crippen LogP contribution in [0.15, 0.2) is 11.6 Å². The predicted octanol–water partition coefficient (Wildman–Crippen LogP) is 3.92. The maximum absolute atomic E-state index is 2.50. The molecule has 11 heavy (non-hydrogen) atoms. The van der Waals surface area contributed by atoms with Crippen molar-refractivity contribution in [1.82, 2.24) is 0 Å². The zero-order valence-corrected chi connectivity index (χ0v) is 7.90. The third-order valence-electron chi connectivity index (χ3n) is 2.73. The Morgan fingerprint density at radius 3 is 2.45 bits per heavy atom. The van der Waals surface area contributed by atoms with E-state index in [-0.39, 0.29) is 0 Å². The van der Waals surface area contributed by atoms with E-state index in [4.69, 9.17) is 0 Å². The Balaban J connectivity index is 2.34. The van der Waals surface area contributed by atoms with Gasteiger partial charge in [-0.05, 0) is 32.1 Å². The summed E-state index contributed by atoms with van der Waals surface area (Å²) in [7, 11) is 0. The summed E-state index contributed by atoms with van der Waals surface area (Å²) in [6, 6.07) is 0. The molecule has 0 amide bonds. The fourth-order valence-corrected chi connectivity index (χ4v) is 1.82. The van der Waals surface area contributed by atoms with Gasteiger partial charge in [-0.15, -0.1) is 0 Å². The second-order valence-electron chi connectivity index (χ2n) is 3.76. The normalized spacial score (nSPS) is 22.2. The highest BCUT2D eigenvalue weighted by Gasteiger charge is 2.09. The SMILES string of the molecule is CCC(C)=CC1CCCCC1. The van der Waals surface area contributed by atoms with Crippen LogP contribution in [0.4, 0.5) is 0 Å². The third kappa shape index (κ3) is 3.09. The van der Waals surface area contributed by atoms with E-state index in [1.54, 1.807) is 5.57 Å². The second kappa shape index (κ2) is 4.58. The Hall–Kier alpha value is -0.260. The molecule has 0 heterocycles. The Bertz CT molecular complexity index is 127. The van der Waals surface area contributed by atoms with Gasteiger partial charge in [0.25, 0.3) is 0 Å². The minimum absolute atomic E-state index is 0.920. The predicted molar refractivity (Wildman–Crippen MR) is 50.6 cm³/mol. The van der Waals surface area contributed by atoms with Crippen LogP contribution < -0.4 is 0 Å². The summed E-state index contributed by atoms with van der Waals surface area (Å²) in [6.07, 6.45) is 11.0. The fraction of sp³-hybridized carbons (Fsp3) is 0.818. The number of allylic oxidation sites excluding steroid dienone is 2. The first-order valence-electron chi connectivity index (χ1n) is 5.00. The summed E-state index contributed by atoms with van der Waals surface area (Å²) in [5, 5.41) is 0. The zero-order chi connectivity index (χ0) is 8.10. The molecule has 0 unspecified atom stereocenters. The van der Waals surface area contributed by atoms with Crippen LogP contribution in [0.2, 0.25) is 0 Å². The summed E-state index contributed by atoms with van der Waals surface area (Å²) in [4.78, 5) is 0. The van der Waals surface area contributed by atoms with Gasteiger partial charge in [-0.2, -0.15) is 0 Å². The van der Waals surface area contributed by atoms with E-state index < -0.39 is 0 Å². The minimum Gasteiger partial charge on any atom is -0.0825 e. The van der Waals surface area contributed by atoms with E-state index in [9.17, 15) is 0 Å². The van der Waals surface area contributed by atoms with E-state index >= 15 is 0 Å². The summed E-state index contributed by atoms with van der Waals surface area (Å²) in [5.74, 6) is 0.920. The number of hydrogen-bond acceptors (Lipinski definition) is 0. The molecular formula is C11H20. The third-order valence-corrected chi connectivity index (χ3v) is 2.73. The van der Waals surface area contributed by atoms with Crippen molar-refractivity contribution in [2.45, 2.75) is 52.4 Å². The number of rotatable bonds is 2. The summed E-state index contributed by atoms with van der Waals surface area (Å²) < 4.78 is 0. The first-order chi connectivity index (χ1) is 5.33. The van der Waals surface area contributed by atoms with E-state index in [1.807, 2.05) is 0 Å². The van der Waals surface area contributed by atoms with Gasteiger partial charge in [-0.25, -0.2) is 0 Å². The molecule has 0 aromatic carbocycles. The van der Waals surface area contributed by atoms with E-state index in [0.717, 1.165) is 5.92 Å². The second-order valence-corrected chi connectivity index (χ2v) is 3.76. The summed E-state index contributed by atoms with van der Waals surface area (Å²) in [6.45, 7) is 4.50. The molecule has 1 fully saturated rings. The summed E-state index contributed by atoms with van der Waals surface area (Å²) in [5.41, 5.74) is 1.58. The molecule has 0 aromatic heterocycles. The maximum Gasteiger partial charge on any atom is -0.0231 e. The lowest BCUT2D eigenvalue weighted by Gasteiger charge is -2.18. The van der Waals surface area contributed by atoms with Crippen molar-refractivity contribution in [2.24, 2.45) is 5.92 Å². The van der Waals surface area contributed by atoms with Gasteiger partial charge in [0.2, 0.25) is 0 Å². The van der Waals surface area contributed by atoms with Crippen LogP contribution in [0.25, 0.3) is 0 Å². The molecule has 1 aliphatic carbocycles. The van der Waals surface area contributed by atoms with Crippen LogP contribution in [0.3, 0.4) is 0 Å².